The van der Waals surface area contributed by atoms with Crippen LogP contribution < -0.4 is 0 Å². The van der Waals surface area contributed by atoms with Crippen molar-refractivity contribution in [2.24, 2.45) is 17.0 Å². The van der Waals surface area contributed by atoms with Gasteiger partial charge < -0.3 is 9.94 Å². The molecule has 1 aliphatic carbocycles. The number of oxime groups is 1. The summed E-state index contributed by atoms with van der Waals surface area (Å²) in [4.78, 5) is 11.5. The number of hydrogen-bond acceptors (Lipinski definition) is 4. The molecule has 2 aliphatic rings. The highest BCUT2D eigenvalue weighted by molar-refractivity contribution is 5.92. The lowest BCUT2D eigenvalue weighted by molar-refractivity contribution is -0.139. The van der Waals surface area contributed by atoms with Gasteiger partial charge in [0.15, 0.2) is 0 Å². The van der Waals surface area contributed by atoms with Gasteiger partial charge in [0.2, 0.25) is 0 Å². The lowest BCUT2D eigenvalue weighted by Gasteiger charge is -2.17. The number of esters is 1. The van der Waals surface area contributed by atoms with E-state index in [1.54, 1.807) is 13.0 Å². The number of fused-ring (bicyclic) bond motifs is 1. The molecule has 0 spiro atoms. The first kappa shape index (κ1) is 13.6. The van der Waals surface area contributed by atoms with Gasteiger partial charge in [-0.05, 0) is 37.3 Å². The summed E-state index contributed by atoms with van der Waals surface area (Å²) in [5.41, 5.74) is 2.33. The van der Waals surface area contributed by atoms with E-state index in [1.807, 2.05) is 6.08 Å². The number of carbonyl (C=O) groups is 1. The van der Waals surface area contributed by atoms with Gasteiger partial charge in [0.05, 0.1) is 5.71 Å². The second kappa shape index (κ2) is 5.43. The molecule has 1 aliphatic heterocycles. The standard InChI is InChI=1S/C15H19NO3/c1-9-8-14-13(11(3)15(17)19-14)7-6-12(9)5-4-10(2)16-18/h4-6,9,13-14,18H,3,7-8H2,1-2H3/b5-4+,16-10+/t9-,13+,14+/m0/s1. The molecule has 0 unspecified atom stereocenters. The first-order valence-corrected chi connectivity index (χ1v) is 6.49. The highest BCUT2D eigenvalue weighted by Gasteiger charge is 2.40. The Morgan fingerprint density at radius 2 is 2.37 bits per heavy atom. The third kappa shape index (κ3) is 2.78. The van der Waals surface area contributed by atoms with Crippen LogP contribution in [0.2, 0.25) is 0 Å². The van der Waals surface area contributed by atoms with Gasteiger partial charge in [0.25, 0.3) is 0 Å². The van der Waals surface area contributed by atoms with Gasteiger partial charge in [-0.15, -0.1) is 0 Å². The normalized spacial score (nSPS) is 32.0. The summed E-state index contributed by atoms with van der Waals surface area (Å²) < 4.78 is 5.36. The van der Waals surface area contributed by atoms with Crippen molar-refractivity contribution in [2.45, 2.75) is 32.8 Å². The van der Waals surface area contributed by atoms with Crippen LogP contribution in [0.15, 0.2) is 41.1 Å². The van der Waals surface area contributed by atoms with Crippen LogP contribution in [-0.4, -0.2) is 23.0 Å². The molecule has 102 valence electrons. The number of carbonyl (C=O) groups excluding carboxylic acids is 1. The second-order valence-electron chi connectivity index (χ2n) is 5.23. The third-order valence-corrected chi connectivity index (χ3v) is 3.85. The van der Waals surface area contributed by atoms with Crippen molar-refractivity contribution < 1.29 is 14.7 Å². The molecule has 3 atom stereocenters. The number of allylic oxidation sites excluding steroid dienone is 4. The van der Waals surface area contributed by atoms with Crippen LogP contribution in [0.25, 0.3) is 0 Å². The molecule has 0 aromatic carbocycles. The summed E-state index contributed by atoms with van der Waals surface area (Å²) in [6.45, 7) is 7.67. The van der Waals surface area contributed by atoms with Crippen molar-refractivity contribution in [2.75, 3.05) is 0 Å². The summed E-state index contributed by atoms with van der Waals surface area (Å²) >= 11 is 0. The largest absolute Gasteiger partial charge is 0.458 e. The minimum Gasteiger partial charge on any atom is -0.458 e. The Hall–Kier alpha value is -1.84. The van der Waals surface area contributed by atoms with Gasteiger partial charge in [-0.1, -0.05) is 30.8 Å². The predicted molar refractivity (Wildman–Crippen MR) is 73.0 cm³/mol. The van der Waals surface area contributed by atoms with Crippen LogP contribution in [0.4, 0.5) is 0 Å². The van der Waals surface area contributed by atoms with Gasteiger partial charge in [-0.25, -0.2) is 4.79 Å². The molecular weight excluding hydrogens is 242 g/mol. The molecule has 4 nitrogen and oxygen atoms in total. The smallest absolute Gasteiger partial charge is 0.334 e. The van der Waals surface area contributed by atoms with Crippen LogP contribution in [0.1, 0.15) is 26.7 Å². The van der Waals surface area contributed by atoms with E-state index in [0.717, 1.165) is 12.8 Å². The van der Waals surface area contributed by atoms with Gasteiger partial charge >= 0.3 is 5.97 Å². The SMILES string of the molecule is C=C1C(=O)O[C@@H]2C[C@H](C)C(/C=C/C(C)=N/O)=CC[C@H]12. The fraction of sp³-hybridized carbons (Fsp3) is 0.467. The first-order chi connectivity index (χ1) is 9.02. The van der Waals surface area contributed by atoms with E-state index in [2.05, 4.69) is 24.7 Å². The van der Waals surface area contributed by atoms with E-state index in [-0.39, 0.29) is 18.0 Å². The monoisotopic (exact) mass is 261 g/mol. The Morgan fingerprint density at radius 3 is 3.05 bits per heavy atom. The van der Waals surface area contributed by atoms with Gasteiger partial charge in [0, 0.05) is 11.5 Å². The summed E-state index contributed by atoms with van der Waals surface area (Å²) in [6, 6.07) is 0. The Bertz CT molecular complexity index is 488. The maximum atomic E-state index is 11.5. The zero-order valence-corrected chi connectivity index (χ0v) is 11.3. The molecule has 1 heterocycles. The zero-order chi connectivity index (χ0) is 14.0. The summed E-state index contributed by atoms with van der Waals surface area (Å²) in [5, 5.41) is 11.7. The Balaban J connectivity index is 2.16. The van der Waals surface area contributed by atoms with Crippen molar-refractivity contribution in [3.63, 3.8) is 0 Å². The Kier molecular flexibility index (Phi) is 3.88. The van der Waals surface area contributed by atoms with Crippen molar-refractivity contribution >= 4 is 11.7 Å². The molecule has 0 radical (unpaired) electrons. The fourth-order valence-electron chi connectivity index (χ4n) is 2.61. The lowest BCUT2D eigenvalue weighted by Crippen LogP contribution is -2.17. The Labute approximate surface area is 113 Å². The molecular formula is C15H19NO3. The number of rotatable bonds is 2. The third-order valence-electron chi connectivity index (χ3n) is 3.85. The van der Waals surface area contributed by atoms with E-state index < -0.39 is 0 Å². The van der Waals surface area contributed by atoms with E-state index in [0.29, 0.717) is 17.2 Å². The molecule has 1 saturated heterocycles. The van der Waals surface area contributed by atoms with E-state index in [4.69, 9.17) is 9.94 Å². The Morgan fingerprint density at radius 1 is 1.63 bits per heavy atom. The second-order valence-corrected chi connectivity index (χ2v) is 5.23. The van der Waals surface area contributed by atoms with E-state index >= 15 is 0 Å². The van der Waals surface area contributed by atoms with Gasteiger partial charge in [-0.3, -0.25) is 0 Å². The topological polar surface area (TPSA) is 58.9 Å². The summed E-state index contributed by atoms with van der Waals surface area (Å²) in [7, 11) is 0. The molecule has 1 N–H and O–H groups in total. The van der Waals surface area contributed by atoms with Crippen molar-refractivity contribution in [1.82, 2.24) is 0 Å². The number of ether oxygens (including phenoxy) is 1. The van der Waals surface area contributed by atoms with Gasteiger partial charge in [0.1, 0.15) is 6.10 Å². The van der Waals surface area contributed by atoms with Gasteiger partial charge in [-0.2, -0.15) is 0 Å². The van der Waals surface area contributed by atoms with Crippen LogP contribution in [-0.2, 0) is 9.53 Å². The van der Waals surface area contributed by atoms with E-state index in [9.17, 15) is 4.79 Å². The average molecular weight is 261 g/mol. The van der Waals surface area contributed by atoms with Crippen molar-refractivity contribution in [3.05, 3.63) is 36.0 Å². The molecule has 1 fully saturated rings. The molecule has 0 aromatic rings. The highest BCUT2D eigenvalue weighted by Crippen LogP contribution is 2.38. The summed E-state index contributed by atoms with van der Waals surface area (Å²) in [6.07, 6.45) is 7.40. The minimum atomic E-state index is -0.252. The zero-order valence-electron chi connectivity index (χ0n) is 11.3. The molecule has 2 rings (SSSR count). The van der Waals surface area contributed by atoms with Crippen molar-refractivity contribution in [3.8, 4) is 0 Å². The quantitative estimate of drug-likeness (QED) is 0.273. The van der Waals surface area contributed by atoms with Crippen molar-refractivity contribution in [1.29, 1.82) is 0 Å². The molecule has 0 saturated carbocycles. The fourth-order valence-corrected chi connectivity index (χ4v) is 2.61. The molecule has 4 heteroatoms. The maximum absolute atomic E-state index is 11.5. The van der Waals surface area contributed by atoms with E-state index in [1.165, 1.54) is 5.57 Å². The molecule has 19 heavy (non-hydrogen) atoms. The average Bonchev–Trinajstić information content (AvgIpc) is 2.56. The van der Waals surface area contributed by atoms with Crippen LogP contribution in [0, 0.1) is 11.8 Å². The number of nitrogens with zero attached hydrogens (tertiary/aromatic N) is 1. The first-order valence-electron chi connectivity index (χ1n) is 6.49. The molecule has 0 bridgehead atoms. The predicted octanol–water partition coefficient (Wildman–Crippen LogP) is 2.85. The van der Waals surface area contributed by atoms with Crippen LogP contribution in [0.5, 0.6) is 0 Å². The number of hydrogen-bond donors (Lipinski definition) is 1. The van der Waals surface area contributed by atoms with Crippen LogP contribution in [0.3, 0.4) is 0 Å². The molecule has 0 aromatic heterocycles. The van der Waals surface area contributed by atoms with Crippen LogP contribution >= 0.6 is 0 Å². The maximum Gasteiger partial charge on any atom is 0.334 e. The molecule has 0 amide bonds. The minimum absolute atomic E-state index is 0.0512. The summed E-state index contributed by atoms with van der Waals surface area (Å²) in [5.74, 6) is 0.155. The lowest BCUT2D eigenvalue weighted by atomic mass is 9.91. The highest BCUT2D eigenvalue weighted by atomic mass is 16.6.